The zero-order chi connectivity index (χ0) is 17.4. The summed E-state index contributed by atoms with van der Waals surface area (Å²) in [5, 5.41) is 8.69. The van der Waals surface area contributed by atoms with E-state index in [0.29, 0.717) is 11.3 Å². The van der Waals surface area contributed by atoms with Crippen molar-refractivity contribution in [2.45, 2.75) is 70.9 Å². The molecule has 0 spiro atoms. The zero-order valence-corrected chi connectivity index (χ0v) is 14.7. The Morgan fingerprint density at radius 1 is 1.00 bits per heavy atom. The summed E-state index contributed by atoms with van der Waals surface area (Å²) < 4.78 is 0. The number of hydrogen-bond acceptors (Lipinski definition) is 2. The minimum absolute atomic E-state index is 0.0425. The second-order valence-corrected chi connectivity index (χ2v) is 6.81. The standard InChI is InChI=1S/C19H29N3O2/c1-14(2)20-19(24)22-17-13-9-8-12-16(17)18(23)21-15-10-6-4-3-5-7-11-15/h8-9,12-15H,3-7,10-11H2,1-2H3,(H,21,23)(H2,20,22,24). The molecular formula is C19H29N3O2. The highest BCUT2D eigenvalue weighted by atomic mass is 16.2. The average molecular weight is 331 g/mol. The van der Waals surface area contributed by atoms with E-state index in [0.717, 1.165) is 12.8 Å². The molecule has 0 saturated heterocycles. The van der Waals surface area contributed by atoms with Crippen LogP contribution in [0, 0.1) is 0 Å². The third kappa shape index (κ3) is 5.87. The Morgan fingerprint density at radius 2 is 1.62 bits per heavy atom. The molecule has 0 atom stereocenters. The van der Waals surface area contributed by atoms with Crippen LogP contribution in [0.2, 0.25) is 0 Å². The van der Waals surface area contributed by atoms with Gasteiger partial charge in [-0.15, -0.1) is 0 Å². The number of rotatable bonds is 4. The molecule has 0 bridgehead atoms. The molecular weight excluding hydrogens is 302 g/mol. The van der Waals surface area contributed by atoms with Crippen LogP contribution in [-0.2, 0) is 0 Å². The predicted molar refractivity (Wildman–Crippen MR) is 97.3 cm³/mol. The van der Waals surface area contributed by atoms with Crippen molar-refractivity contribution >= 4 is 17.6 Å². The third-order valence-corrected chi connectivity index (χ3v) is 4.28. The lowest BCUT2D eigenvalue weighted by atomic mass is 9.96. The fraction of sp³-hybridized carbons (Fsp3) is 0.579. The highest BCUT2D eigenvalue weighted by Crippen LogP contribution is 2.19. The van der Waals surface area contributed by atoms with Gasteiger partial charge in [-0.1, -0.05) is 44.2 Å². The second kappa shape index (κ2) is 9.30. The molecule has 5 heteroatoms. The summed E-state index contributed by atoms with van der Waals surface area (Å²) in [6.07, 6.45) is 8.21. The molecule has 5 nitrogen and oxygen atoms in total. The molecule has 24 heavy (non-hydrogen) atoms. The fourth-order valence-electron chi connectivity index (χ4n) is 3.07. The van der Waals surface area contributed by atoms with Crippen LogP contribution >= 0.6 is 0 Å². The Kier molecular flexibility index (Phi) is 7.09. The van der Waals surface area contributed by atoms with E-state index >= 15 is 0 Å². The van der Waals surface area contributed by atoms with Crippen molar-refractivity contribution in [3.05, 3.63) is 29.8 Å². The van der Waals surface area contributed by atoms with E-state index in [-0.39, 0.29) is 24.0 Å². The fourth-order valence-corrected chi connectivity index (χ4v) is 3.07. The molecule has 1 fully saturated rings. The number of hydrogen-bond donors (Lipinski definition) is 3. The monoisotopic (exact) mass is 331 g/mol. The maximum absolute atomic E-state index is 12.7. The van der Waals surface area contributed by atoms with Crippen LogP contribution in [0.4, 0.5) is 10.5 Å². The van der Waals surface area contributed by atoms with Gasteiger partial charge in [-0.25, -0.2) is 4.79 Å². The van der Waals surface area contributed by atoms with Gasteiger partial charge in [-0.2, -0.15) is 0 Å². The number of carbonyl (C=O) groups excluding carboxylic acids is 2. The lowest BCUT2D eigenvalue weighted by Gasteiger charge is -2.22. The summed E-state index contributed by atoms with van der Waals surface area (Å²) in [5.74, 6) is -0.110. The maximum Gasteiger partial charge on any atom is 0.319 e. The summed E-state index contributed by atoms with van der Waals surface area (Å²) in [6.45, 7) is 3.79. The van der Waals surface area contributed by atoms with Crippen LogP contribution in [-0.4, -0.2) is 24.0 Å². The Bertz CT molecular complexity index is 549. The third-order valence-electron chi connectivity index (χ3n) is 4.28. The normalized spacial score (nSPS) is 16.1. The van der Waals surface area contributed by atoms with Crippen molar-refractivity contribution < 1.29 is 9.59 Å². The first-order valence-corrected chi connectivity index (χ1v) is 9.03. The minimum Gasteiger partial charge on any atom is -0.349 e. The van der Waals surface area contributed by atoms with E-state index in [1.54, 1.807) is 12.1 Å². The summed E-state index contributed by atoms with van der Waals surface area (Å²) >= 11 is 0. The summed E-state index contributed by atoms with van der Waals surface area (Å²) in [5.41, 5.74) is 1.05. The van der Waals surface area contributed by atoms with E-state index in [4.69, 9.17) is 0 Å². The number of urea groups is 1. The minimum atomic E-state index is -0.295. The Labute approximate surface area is 144 Å². The summed E-state index contributed by atoms with van der Waals surface area (Å²) in [6, 6.07) is 7.12. The average Bonchev–Trinajstić information content (AvgIpc) is 2.49. The second-order valence-electron chi connectivity index (χ2n) is 6.81. The number of nitrogens with one attached hydrogen (secondary N) is 3. The Hall–Kier alpha value is -2.04. The predicted octanol–water partition coefficient (Wildman–Crippen LogP) is 4.06. The number of benzene rings is 1. The first-order valence-electron chi connectivity index (χ1n) is 9.03. The SMILES string of the molecule is CC(C)NC(=O)Nc1ccccc1C(=O)NC1CCCCCCC1. The van der Waals surface area contributed by atoms with Crippen LogP contribution in [0.5, 0.6) is 0 Å². The lowest BCUT2D eigenvalue weighted by molar-refractivity contribution is 0.0931. The van der Waals surface area contributed by atoms with Gasteiger partial charge in [0.25, 0.3) is 5.91 Å². The van der Waals surface area contributed by atoms with Crippen molar-refractivity contribution in [1.82, 2.24) is 10.6 Å². The first kappa shape index (κ1) is 18.3. The van der Waals surface area contributed by atoms with Crippen LogP contribution in [0.1, 0.15) is 69.2 Å². The molecule has 0 unspecified atom stereocenters. The van der Waals surface area contributed by atoms with Crippen molar-refractivity contribution in [2.24, 2.45) is 0 Å². The molecule has 132 valence electrons. The maximum atomic E-state index is 12.7. The highest BCUT2D eigenvalue weighted by Gasteiger charge is 2.18. The van der Waals surface area contributed by atoms with Crippen molar-refractivity contribution in [1.29, 1.82) is 0 Å². The smallest absolute Gasteiger partial charge is 0.319 e. The van der Waals surface area contributed by atoms with Crippen LogP contribution in [0.15, 0.2) is 24.3 Å². The molecule has 0 aliphatic heterocycles. The lowest BCUT2D eigenvalue weighted by Crippen LogP contribution is -2.37. The zero-order valence-electron chi connectivity index (χ0n) is 14.7. The number of anilines is 1. The summed E-state index contributed by atoms with van der Waals surface area (Å²) in [7, 11) is 0. The Balaban J connectivity index is 2.01. The molecule has 1 saturated carbocycles. The van der Waals surface area contributed by atoms with Gasteiger partial charge < -0.3 is 16.0 Å². The van der Waals surface area contributed by atoms with Crippen molar-refractivity contribution in [2.75, 3.05) is 5.32 Å². The van der Waals surface area contributed by atoms with E-state index < -0.39 is 0 Å². The van der Waals surface area contributed by atoms with Gasteiger partial charge in [0.05, 0.1) is 11.3 Å². The Morgan fingerprint density at radius 3 is 2.29 bits per heavy atom. The summed E-state index contributed by atoms with van der Waals surface area (Å²) in [4.78, 5) is 24.6. The molecule has 0 aromatic heterocycles. The molecule has 1 aliphatic rings. The van der Waals surface area contributed by atoms with Gasteiger partial charge in [0.2, 0.25) is 0 Å². The molecule has 2 rings (SSSR count). The van der Waals surface area contributed by atoms with Gasteiger partial charge in [-0.3, -0.25) is 4.79 Å². The van der Waals surface area contributed by atoms with E-state index in [2.05, 4.69) is 16.0 Å². The van der Waals surface area contributed by atoms with Gasteiger partial charge in [0.1, 0.15) is 0 Å². The molecule has 1 aliphatic carbocycles. The van der Waals surface area contributed by atoms with E-state index in [1.165, 1.54) is 32.1 Å². The molecule has 3 N–H and O–H groups in total. The number of para-hydroxylation sites is 1. The van der Waals surface area contributed by atoms with Gasteiger partial charge >= 0.3 is 6.03 Å². The molecule has 3 amide bonds. The van der Waals surface area contributed by atoms with E-state index in [9.17, 15) is 9.59 Å². The van der Waals surface area contributed by atoms with Crippen LogP contribution < -0.4 is 16.0 Å². The molecule has 1 aromatic rings. The van der Waals surface area contributed by atoms with Gasteiger partial charge in [0.15, 0.2) is 0 Å². The first-order chi connectivity index (χ1) is 11.6. The number of carbonyl (C=O) groups is 2. The van der Waals surface area contributed by atoms with Crippen molar-refractivity contribution in [3.8, 4) is 0 Å². The quantitative estimate of drug-likeness (QED) is 0.778. The number of amides is 3. The van der Waals surface area contributed by atoms with Gasteiger partial charge in [-0.05, 0) is 38.8 Å². The molecule has 0 heterocycles. The van der Waals surface area contributed by atoms with Crippen LogP contribution in [0.3, 0.4) is 0 Å². The molecule has 0 radical (unpaired) electrons. The molecule has 1 aromatic carbocycles. The highest BCUT2D eigenvalue weighted by molar-refractivity contribution is 6.03. The van der Waals surface area contributed by atoms with Crippen LogP contribution in [0.25, 0.3) is 0 Å². The largest absolute Gasteiger partial charge is 0.349 e. The van der Waals surface area contributed by atoms with Crippen molar-refractivity contribution in [3.63, 3.8) is 0 Å². The van der Waals surface area contributed by atoms with E-state index in [1.807, 2.05) is 26.0 Å². The topological polar surface area (TPSA) is 70.2 Å². The van der Waals surface area contributed by atoms with Gasteiger partial charge in [0, 0.05) is 12.1 Å².